The summed E-state index contributed by atoms with van der Waals surface area (Å²) < 4.78 is 42.1. The fraction of sp³-hybridized carbons (Fsp3) is 0.179. The topological polar surface area (TPSA) is 70.7 Å². The summed E-state index contributed by atoms with van der Waals surface area (Å²) in [4.78, 5) is 1.81. The van der Waals surface area contributed by atoms with Gasteiger partial charge in [-0.1, -0.05) is 66.3 Å². The molecule has 0 radical (unpaired) electrons. The molecule has 9 heteroatoms. The average Bonchev–Trinajstić information content (AvgIpc) is 3.38. The zero-order chi connectivity index (χ0) is 26.2. The Morgan fingerprint density at radius 1 is 1.11 bits per heavy atom. The highest BCUT2D eigenvalue weighted by molar-refractivity contribution is 7.85. The summed E-state index contributed by atoms with van der Waals surface area (Å²) in [5.74, 6) is 0.738. The predicted molar refractivity (Wildman–Crippen MR) is 151 cm³/mol. The number of fused-ring (bicyclic) bond motifs is 2. The molecule has 3 aromatic carbocycles. The monoisotopic (exact) mass is 553 g/mol. The molecule has 0 atom stereocenters. The summed E-state index contributed by atoms with van der Waals surface area (Å²) in [6.07, 6.45) is 4.78. The third kappa shape index (κ3) is 5.57. The van der Waals surface area contributed by atoms with E-state index in [0.29, 0.717) is 16.7 Å². The maximum absolute atomic E-state index is 11.6. The normalized spacial score (nSPS) is 14.9. The maximum atomic E-state index is 11.6. The highest BCUT2D eigenvalue weighted by atomic mass is 35.5. The smallest absolute Gasteiger partial charge is 0.266 e. The van der Waals surface area contributed by atoms with E-state index in [4.69, 9.17) is 16.3 Å². The minimum atomic E-state index is -4.16. The molecule has 0 saturated heterocycles. The van der Waals surface area contributed by atoms with Crippen LogP contribution >= 0.6 is 22.9 Å². The molecule has 0 spiro atoms. The molecule has 2 heterocycles. The molecule has 0 amide bonds. The number of ether oxygens (including phenoxy) is 1. The van der Waals surface area contributed by atoms with Gasteiger partial charge in [0.05, 0.1) is 11.4 Å². The SMILES string of the molecule is CCC(/C=C1\Oc2ccc(-c3ccccc3)cc2N1CCS(=O)(=O)O)=C\c1sc2ccc(Cl)cc2[n+]1C. The van der Waals surface area contributed by atoms with Crippen molar-refractivity contribution in [2.24, 2.45) is 7.05 Å². The quantitative estimate of drug-likeness (QED) is 0.210. The van der Waals surface area contributed by atoms with E-state index in [1.54, 1.807) is 11.3 Å². The van der Waals surface area contributed by atoms with Gasteiger partial charge >= 0.3 is 0 Å². The molecular weight excluding hydrogens is 528 g/mol. The molecule has 0 saturated carbocycles. The van der Waals surface area contributed by atoms with Crippen LogP contribution in [-0.4, -0.2) is 25.3 Å². The lowest BCUT2D eigenvalue weighted by Gasteiger charge is -2.18. The first-order valence-electron chi connectivity index (χ1n) is 11.8. The molecule has 4 aromatic rings. The number of nitrogens with zero attached hydrogens (tertiary/aromatic N) is 2. The van der Waals surface area contributed by atoms with Crippen molar-refractivity contribution in [1.82, 2.24) is 0 Å². The molecule has 6 nitrogen and oxygen atoms in total. The molecule has 5 rings (SSSR count). The highest BCUT2D eigenvalue weighted by Gasteiger charge is 2.28. The van der Waals surface area contributed by atoms with Crippen LogP contribution in [0.25, 0.3) is 27.4 Å². The van der Waals surface area contributed by atoms with Crippen LogP contribution in [0, 0.1) is 0 Å². The van der Waals surface area contributed by atoms with Gasteiger partial charge in [0.15, 0.2) is 5.75 Å². The second kappa shape index (κ2) is 10.3. The predicted octanol–water partition coefficient (Wildman–Crippen LogP) is 6.47. The molecule has 1 N–H and O–H groups in total. The zero-order valence-electron chi connectivity index (χ0n) is 20.4. The van der Waals surface area contributed by atoms with Crippen molar-refractivity contribution in [1.29, 1.82) is 0 Å². The lowest BCUT2D eigenvalue weighted by Crippen LogP contribution is -2.29. The van der Waals surface area contributed by atoms with Crippen molar-refractivity contribution >= 4 is 55.0 Å². The molecule has 190 valence electrons. The number of allylic oxidation sites excluding steroid dienone is 2. The minimum absolute atomic E-state index is 0.0576. The van der Waals surface area contributed by atoms with E-state index < -0.39 is 15.9 Å². The largest absolute Gasteiger partial charge is 0.439 e. The molecule has 1 aliphatic heterocycles. The van der Waals surface area contributed by atoms with Gasteiger partial charge in [0, 0.05) is 29.8 Å². The highest BCUT2D eigenvalue weighted by Crippen LogP contribution is 2.42. The van der Waals surface area contributed by atoms with Crippen LogP contribution in [0.4, 0.5) is 5.69 Å². The number of hydrogen-bond donors (Lipinski definition) is 1. The number of aryl methyl sites for hydroxylation is 1. The first kappa shape index (κ1) is 25.5. The third-order valence-corrected chi connectivity index (χ3v) is 8.36. The summed E-state index contributed by atoms with van der Waals surface area (Å²) in [6, 6.07) is 21.7. The molecule has 1 aromatic heterocycles. The van der Waals surface area contributed by atoms with Gasteiger partial charge in [-0.05, 0) is 47.4 Å². The van der Waals surface area contributed by atoms with Gasteiger partial charge in [0.2, 0.25) is 11.4 Å². The summed E-state index contributed by atoms with van der Waals surface area (Å²) in [7, 11) is -2.15. The number of hydrogen-bond acceptors (Lipinski definition) is 5. The van der Waals surface area contributed by atoms with Crippen molar-refractivity contribution < 1.29 is 22.3 Å². The number of anilines is 1. The Morgan fingerprint density at radius 2 is 1.89 bits per heavy atom. The Labute approximate surface area is 225 Å². The van der Waals surface area contributed by atoms with Crippen LogP contribution in [0.15, 0.2) is 84.3 Å². The lowest BCUT2D eigenvalue weighted by molar-refractivity contribution is -0.642. The third-order valence-electron chi connectivity index (χ3n) is 6.26. The van der Waals surface area contributed by atoms with E-state index in [9.17, 15) is 13.0 Å². The van der Waals surface area contributed by atoms with Crippen molar-refractivity contribution in [3.05, 3.63) is 94.3 Å². The first-order chi connectivity index (χ1) is 17.7. The van der Waals surface area contributed by atoms with Crippen molar-refractivity contribution in [3.8, 4) is 16.9 Å². The summed E-state index contributed by atoms with van der Waals surface area (Å²) in [5, 5.41) is 1.74. The van der Waals surface area contributed by atoms with Crippen LogP contribution in [0.3, 0.4) is 0 Å². The van der Waals surface area contributed by atoms with Gasteiger partial charge in [0.1, 0.15) is 11.7 Å². The van der Waals surface area contributed by atoms with Crippen molar-refractivity contribution in [2.45, 2.75) is 13.3 Å². The van der Waals surface area contributed by atoms with E-state index in [0.717, 1.165) is 44.0 Å². The van der Waals surface area contributed by atoms with Crippen LogP contribution in [0.5, 0.6) is 5.75 Å². The Kier molecular flexibility index (Phi) is 7.09. The molecule has 0 fully saturated rings. The average molecular weight is 554 g/mol. The van der Waals surface area contributed by atoms with Crippen molar-refractivity contribution in [2.75, 3.05) is 17.2 Å². The summed E-state index contributed by atoms with van der Waals surface area (Å²) >= 11 is 7.87. The summed E-state index contributed by atoms with van der Waals surface area (Å²) in [5.41, 5.74) is 4.86. The standard InChI is InChI=1S/C28H25ClN2O4S2/c1-3-19(16-28-30(2)24-18-22(29)10-12-26(24)36-28)15-27-31(13-14-37(32,33)34)23-17-21(9-11-25(23)35-27)20-7-5-4-6-8-20/h4-12,15-18H,3,13-14H2,1-2H3/p+1. The number of halogens is 1. The number of benzene rings is 3. The van der Waals surface area contributed by atoms with E-state index in [1.807, 2.05) is 84.8 Å². The molecule has 0 aliphatic carbocycles. The fourth-order valence-electron chi connectivity index (χ4n) is 4.28. The lowest BCUT2D eigenvalue weighted by atomic mass is 10.0. The first-order valence-corrected chi connectivity index (χ1v) is 14.6. The molecule has 37 heavy (non-hydrogen) atoms. The Balaban J connectivity index is 1.54. The van der Waals surface area contributed by atoms with Gasteiger partial charge in [-0.25, -0.2) is 0 Å². The molecule has 1 aliphatic rings. The van der Waals surface area contributed by atoms with Crippen LogP contribution in [0.1, 0.15) is 18.4 Å². The van der Waals surface area contributed by atoms with Crippen LogP contribution in [0.2, 0.25) is 5.02 Å². The van der Waals surface area contributed by atoms with Crippen molar-refractivity contribution in [3.63, 3.8) is 0 Å². The van der Waals surface area contributed by atoms with Gasteiger partial charge in [-0.3, -0.25) is 4.55 Å². The molecule has 0 unspecified atom stereocenters. The van der Waals surface area contributed by atoms with E-state index >= 15 is 0 Å². The number of thiazole rings is 1. The fourth-order valence-corrected chi connectivity index (χ4v) is 5.97. The Morgan fingerprint density at radius 3 is 2.62 bits per heavy atom. The van der Waals surface area contributed by atoms with E-state index in [1.165, 1.54) is 0 Å². The van der Waals surface area contributed by atoms with Gasteiger partial charge in [-0.2, -0.15) is 13.0 Å². The minimum Gasteiger partial charge on any atom is -0.439 e. The maximum Gasteiger partial charge on any atom is 0.266 e. The van der Waals surface area contributed by atoms with Gasteiger partial charge in [-0.15, -0.1) is 0 Å². The van der Waals surface area contributed by atoms with E-state index in [2.05, 4.69) is 17.6 Å². The van der Waals surface area contributed by atoms with Gasteiger partial charge in [0.25, 0.3) is 15.1 Å². The molecular formula is C28H26ClN2O4S2+. The van der Waals surface area contributed by atoms with Gasteiger partial charge < -0.3 is 9.64 Å². The van der Waals surface area contributed by atoms with E-state index in [-0.39, 0.29) is 6.54 Å². The Hall–Kier alpha value is -3.17. The second-order valence-electron chi connectivity index (χ2n) is 8.76. The second-order valence-corrected chi connectivity index (χ2v) is 11.8. The van der Waals surface area contributed by atoms with Crippen LogP contribution in [-0.2, 0) is 17.2 Å². The van der Waals surface area contributed by atoms with Crippen LogP contribution < -0.4 is 14.2 Å². The number of aromatic nitrogens is 1. The number of rotatable bonds is 7. The summed E-state index contributed by atoms with van der Waals surface area (Å²) in [6.45, 7) is 2.12. The zero-order valence-corrected chi connectivity index (χ0v) is 22.8. The molecule has 0 bridgehead atoms. The Bertz CT molecular complexity index is 1640.